The Balaban J connectivity index is 1.28. The molecule has 1 fully saturated rings. The number of aromatic nitrogens is 1. The molecule has 0 atom stereocenters. The molecule has 1 aliphatic heterocycles. The van der Waals surface area contributed by atoms with Crippen LogP contribution < -0.4 is 15.0 Å². The van der Waals surface area contributed by atoms with Crippen molar-refractivity contribution in [2.75, 3.05) is 50.8 Å². The largest absolute Gasteiger partial charge is 0.492 e. The van der Waals surface area contributed by atoms with Gasteiger partial charge in [-0.3, -0.25) is 9.69 Å². The van der Waals surface area contributed by atoms with Crippen LogP contribution in [-0.2, 0) is 0 Å². The van der Waals surface area contributed by atoms with Crippen LogP contribution in [0.4, 0.5) is 5.13 Å². The van der Waals surface area contributed by atoms with Crippen molar-refractivity contribution in [2.45, 2.75) is 20.8 Å². The highest BCUT2D eigenvalue weighted by Gasteiger charge is 2.21. The van der Waals surface area contributed by atoms with Gasteiger partial charge in [-0.1, -0.05) is 35.1 Å². The van der Waals surface area contributed by atoms with E-state index in [4.69, 9.17) is 9.72 Å². The van der Waals surface area contributed by atoms with Crippen LogP contribution in [0, 0.1) is 13.8 Å². The number of fused-ring (bicyclic) bond motifs is 1. The second-order valence-electron chi connectivity index (χ2n) is 7.94. The standard InChI is InChI=1S/C24H30N4O2S/c1-4-30-20-6-5-7-21-22(20)26-24(31-21)28-14-12-27(13-15-28)11-10-25-23(29)19-9-8-17(2)16-18(19)3/h5-9,16H,4,10-15H2,1-3H3,(H,25,29). The Morgan fingerprint density at radius 3 is 2.71 bits per heavy atom. The van der Waals surface area contributed by atoms with Gasteiger partial charge in [-0.2, -0.15) is 0 Å². The number of carbonyl (C=O) groups is 1. The van der Waals surface area contributed by atoms with Gasteiger partial charge in [0.05, 0.1) is 11.3 Å². The van der Waals surface area contributed by atoms with Crippen molar-refractivity contribution in [3.05, 3.63) is 53.1 Å². The molecule has 0 bridgehead atoms. The SMILES string of the molecule is CCOc1cccc2sc(N3CCN(CCNC(=O)c4ccc(C)cc4C)CC3)nc12. The molecule has 0 aliphatic carbocycles. The number of hydrogen-bond donors (Lipinski definition) is 1. The van der Waals surface area contributed by atoms with E-state index in [1.807, 2.05) is 51.1 Å². The van der Waals surface area contributed by atoms with Gasteiger partial charge in [0.15, 0.2) is 5.13 Å². The minimum Gasteiger partial charge on any atom is -0.492 e. The van der Waals surface area contributed by atoms with E-state index in [9.17, 15) is 4.79 Å². The van der Waals surface area contributed by atoms with E-state index in [1.54, 1.807) is 11.3 Å². The summed E-state index contributed by atoms with van der Waals surface area (Å²) in [6.45, 7) is 12.0. The van der Waals surface area contributed by atoms with E-state index < -0.39 is 0 Å². The second-order valence-corrected chi connectivity index (χ2v) is 8.94. The Morgan fingerprint density at radius 2 is 1.97 bits per heavy atom. The summed E-state index contributed by atoms with van der Waals surface area (Å²) in [5.74, 6) is 0.872. The maximum atomic E-state index is 12.5. The van der Waals surface area contributed by atoms with E-state index in [2.05, 4.69) is 21.2 Å². The highest BCUT2D eigenvalue weighted by molar-refractivity contribution is 7.22. The van der Waals surface area contributed by atoms with Gasteiger partial charge in [0.2, 0.25) is 0 Å². The minimum absolute atomic E-state index is 0.00992. The molecular formula is C24H30N4O2S. The van der Waals surface area contributed by atoms with E-state index in [-0.39, 0.29) is 5.91 Å². The fourth-order valence-electron chi connectivity index (χ4n) is 3.97. The fourth-order valence-corrected chi connectivity index (χ4v) is 5.01. The first-order valence-corrected chi connectivity index (χ1v) is 11.7. The zero-order chi connectivity index (χ0) is 21.8. The molecule has 1 saturated heterocycles. The van der Waals surface area contributed by atoms with Gasteiger partial charge in [0.1, 0.15) is 11.3 Å². The van der Waals surface area contributed by atoms with E-state index in [0.717, 1.165) is 64.9 Å². The summed E-state index contributed by atoms with van der Waals surface area (Å²) in [7, 11) is 0. The summed E-state index contributed by atoms with van der Waals surface area (Å²) >= 11 is 1.73. The molecule has 6 nitrogen and oxygen atoms in total. The van der Waals surface area contributed by atoms with Crippen molar-refractivity contribution in [3.63, 3.8) is 0 Å². The number of nitrogens with one attached hydrogen (secondary N) is 1. The van der Waals surface area contributed by atoms with Crippen molar-refractivity contribution in [1.82, 2.24) is 15.2 Å². The number of ether oxygens (including phenoxy) is 1. The number of rotatable bonds is 7. The molecule has 2 aromatic carbocycles. The topological polar surface area (TPSA) is 57.7 Å². The number of benzene rings is 2. The molecule has 2 heterocycles. The van der Waals surface area contributed by atoms with Crippen molar-refractivity contribution in [3.8, 4) is 5.75 Å². The van der Waals surface area contributed by atoms with Gasteiger partial charge < -0.3 is 15.0 Å². The molecule has 1 aliphatic rings. The van der Waals surface area contributed by atoms with Crippen LogP contribution in [0.5, 0.6) is 5.75 Å². The summed E-state index contributed by atoms with van der Waals surface area (Å²) in [4.78, 5) is 22.1. The number of anilines is 1. The average molecular weight is 439 g/mol. The molecule has 4 rings (SSSR count). The Morgan fingerprint density at radius 1 is 1.16 bits per heavy atom. The van der Waals surface area contributed by atoms with Gasteiger partial charge >= 0.3 is 0 Å². The summed E-state index contributed by atoms with van der Waals surface area (Å²) in [5, 5.41) is 4.13. The first-order valence-electron chi connectivity index (χ1n) is 10.9. The van der Waals surface area contributed by atoms with Crippen molar-refractivity contribution in [1.29, 1.82) is 0 Å². The Bertz CT molecular complexity index is 1060. The molecule has 3 aromatic rings. The van der Waals surface area contributed by atoms with Crippen LogP contribution in [0.1, 0.15) is 28.4 Å². The fraction of sp³-hybridized carbons (Fsp3) is 0.417. The summed E-state index contributed by atoms with van der Waals surface area (Å²) < 4.78 is 6.89. The Kier molecular flexibility index (Phi) is 6.73. The number of amides is 1. The summed E-state index contributed by atoms with van der Waals surface area (Å²) in [5.41, 5.74) is 3.92. The smallest absolute Gasteiger partial charge is 0.251 e. The van der Waals surface area contributed by atoms with Gasteiger partial charge in [-0.05, 0) is 44.5 Å². The van der Waals surface area contributed by atoms with Crippen LogP contribution in [0.25, 0.3) is 10.2 Å². The quantitative estimate of drug-likeness (QED) is 0.607. The number of carbonyl (C=O) groups excluding carboxylic acids is 1. The number of thiazole rings is 1. The lowest BCUT2D eigenvalue weighted by atomic mass is 10.1. The summed E-state index contributed by atoms with van der Waals surface area (Å²) in [6.07, 6.45) is 0. The van der Waals surface area contributed by atoms with E-state index >= 15 is 0 Å². The third-order valence-corrected chi connectivity index (χ3v) is 6.73. The number of para-hydroxylation sites is 1. The van der Waals surface area contributed by atoms with Gasteiger partial charge in [0, 0.05) is 44.8 Å². The van der Waals surface area contributed by atoms with Crippen LogP contribution in [0.3, 0.4) is 0 Å². The second kappa shape index (κ2) is 9.66. The average Bonchev–Trinajstić information content (AvgIpc) is 3.20. The predicted octanol–water partition coefficient (Wildman–Crippen LogP) is 3.86. The molecule has 1 N–H and O–H groups in total. The van der Waals surface area contributed by atoms with Crippen molar-refractivity contribution in [2.24, 2.45) is 0 Å². The maximum Gasteiger partial charge on any atom is 0.251 e. The highest BCUT2D eigenvalue weighted by Crippen LogP contribution is 2.34. The molecule has 31 heavy (non-hydrogen) atoms. The molecule has 164 valence electrons. The number of piperazine rings is 1. The third-order valence-electron chi connectivity index (χ3n) is 5.65. The van der Waals surface area contributed by atoms with Gasteiger partial charge in [0.25, 0.3) is 5.91 Å². The molecule has 1 amide bonds. The third kappa shape index (κ3) is 4.99. The molecule has 0 unspecified atom stereocenters. The molecule has 0 saturated carbocycles. The predicted molar refractivity (Wildman–Crippen MR) is 128 cm³/mol. The van der Waals surface area contributed by atoms with Crippen LogP contribution >= 0.6 is 11.3 Å². The first kappa shape index (κ1) is 21.6. The number of nitrogens with zero attached hydrogens (tertiary/aromatic N) is 3. The lowest BCUT2D eigenvalue weighted by Crippen LogP contribution is -2.48. The van der Waals surface area contributed by atoms with E-state index in [1.165, 1.54) is 5.56 Å². The highest BCUT2D eigenvalue weighted by atomic mass is 32.1. The monoisotopic (exact) mass is 438 g/mol. The molecule has 7 heteroatoms. The zero-order valence-corrected chi connectivity index (χ0v) is 19.3. The van der Waals surface area contributed by atoms with Gasteiger partial charge in [-0.25, -0.2) is 4.98 Å². The zero-order valence-electron chi connectivity index (χ0n) is 18.5. The Hall–Kier alpha value is -2.64. The number of hydrogen-bond acceptors (Lipinski definition) is 6. The molecule has 0 spiro atoms. The van der Waals surface area contributed by atoms with Crippen molar-refractivity contribution >= 4 is 32.6 Å². The molecule has 0 radical (unpaired) electrons. The minimum atomic E-state index is 0.00992. The van der Waals surface area contributed by atoms with Crippen molar-refractivity contribution < 1.29 is 9.53 Å². The number of aryl methyl sites for hydroxylation is 2. The summed E-state index contributed by atoms with van der Waals surface area (Å²) in [6, 6.07) is 12.1. The molecule has 1 aromatic heterocycles. The Labute approximate surface area is 187 Å². The molecular weight excluding hydrogens is 408 g/mol. The maximum absolute atomic E-state index is 12.5. The lowest BCUT2D eigenvalue weighted by molar-refractivity contribution is 0.0947. The van der Waals surface area contributed by atoms with E-state index in [0.29, 0.717) is 13.2 Å². The van der Waals surface area contributed by atoms with Crippen LogP contribution in [-0.4, -0.2) is 61.7 Å². The first-order chi connectivity index (χ1) is 15.0. The lowest BCUT2D eigenvalue weighted by Gasteiger charge is -2.34. The van der Waals surface area contributed by atoms with Crippen LogP contribution in [0.2, 0.25) is 0 Å². The van der Waals surface area contributed by atoms with Gasteiger partial charge in [-0.15, -0.1) is 0 Å². The normalized spacial score (nSPS) is 14.7. The van der Waals surface area contributed by atoms with Crippen LogP contribution in [0.15, 0.2) is 36.4 Å².